The van der Waals surface area contributed by atoms with Crippen LogP contribution in [-0.2, 0) is 4.74 Å². The van der Waals surface area contributed by atoms with E-state index in [1.54, 1.807) is 0 Å². The molecule has 0 aromatic carbocycles. The molecule has 9 nitrogen and oxygen atoms in total. The summed E-state index contributed by atoms with van der Waals surface area (Å²) < 4.78 is 10.2. The van der Waals surface area contributed by atoms with E-state index < -0.39 is 37.1 Å². The van der Waals surface area contributed by atoms with Gasteiger partial charge in [0.2, 0.25) is 12.2 Å². The molecule has 0 bridgehead atoms. The van der Waals surface area contributed by atoms with Gasteiger partial charge in [-0.3, -0.25) is 4.79 Å². The molecule has 0 unspecified atom stereocenters. The van der Waals surface area contributed by atoms with E-state index in [1.165, 1.54) is 6.33 Å². The van der Waals surface area contributed by atoms with Crippen molar-refractivity contribution in [3.05, 3.63) is 12.0 Å². The lowest BCUT2D eigenvalue weighted by Gasteiger charge is -2.15. The fourth-order valence-electron chi connectivity index (χ4n) is 1.62. The molecule has 0 saturated carbocycles. The highest BCUT2D eigenvalue weighted by molar-refractivity contribution is 5.93. The minimum absolute atomic E-state index is 0.0762. The Hall–Kier alpha value is -1.68. The predicted octanol–water partition coefficient (Wildman–Crippen LogP) is -2.67. The van der Waals surface area contributed by atoms with Gasteiger partial charge >= 0.3 is 0 Å². The number of carbonyl (C=O) groups is 1. The summed E-state index contributed by atoms with van der Waals surface area (Å²) in [5, 5.41) is 28.0. The number of carbonyl (C=O) groups excluding carboxylic acids is 1. The Morgan fingerprint density at radius 1 is 1.56 bits per heavy atom. The van der Waals surface area contributed by atoms with Crippen LogP contribution in [0.25, 0.3) is 0 Å². The molecule has 1 fully saturated rings. The number of hydrogen-bond acceptors (Lipinski definition) is 7. The third-order valence-corrected chi connectivity index (χ3v) is 2.58. The van der Waals surface area contributed by atoms with E-state index in [2.05, 4.69) is 9.97 Å². The molecule has 0 radical (unpaired) electrons. The summed E-state index contributed by atoms with van der Waals surface area (Å²) >= 11 is 0. The van der Waals surface area contributed by atoms with Gasteiger partial charge in [-0.2, -0.15) is 0 Å². The smallest absolute Gasteiger partial charge is 0.270 e. The molecule has 0 spiro atoms. The predicted molar refractivity (Wildman–Crippen MR) is 55.5 cm³/mol. The molecule has 1 amide bonds. The standard InChI is InChI=1S/C9H13N3O6/c10-7(16)4-8(12-2-11-4)18-9-6(15)5(14)3(1-13)17-9/h2-3,5-6,9,13-15H,1H2,(H2,10,16)(H,11,12)/t3-,5-,6-,9+/m1/s1. The second kappa shape index (κ2) is 4.90. The van der Waals surface area contributed by atoms with Crippen LogP contribution in [0.2, 0.25) is 0 Å². The first kappa shape index (κ1) is 12.8. The Kier molecular flexibility index (Phi) is 3.48. The Labute approximate surface area is 101 Å². The zero-order chi connectivity index (χ0) is 13.3. The van der Waals surface area contributed by atoms with Gasteiger partial charge in [-0.25, -0.2) is 4.98 Å². The number of nitrogens with two attached hydrogens (primary N) is 1. The van der Waals surface area contributed by atoms with Crippen LogP contribution in [-0.4, -0.2) is 62.4 Å². The normalized spacial score (nSPS) is 31.5. The van der Waals surface area contributed by atoms with Crippen molar-refractivity contribution in [1.29, 1.82) is 0 Å². The second-order valence-corrected chi connectivity index (χ2v) is 3.77. The Morgan fingerprint density at radius 3 is 2.83 bits per heavy atom. The first-order valence-corrected chi connectivity index (χ1v) is 5.17. The summed E-state index contributed by atoms with van der Waals surface area (Å²) in [7, 11) is 0. The Balaban J connectivity index is 2.10. The number of imidazole rings is 1. The first-order valence-electron chi connectivity index (χ1n) is 5.17. The number of aliphatic hydroxyl groups is 3. The summed E-state index contributed by atoms with van der Waals surface area (Å²) in [5.41, 5.74) is 4.99. The van der Waals surface area contributed by atoms with E-state index in [0.29, 0.717) is 0 Å². The molecule has 0 aliphatic carbocycles. The SMILES string of the molecule is NC(=O)c1[nH]cnc1O[C@@H]1O[C@H](CO)[C@@H](O)[C@H]1O. The van der Waals surface area contributed by atoms with E-state index in [4.69, 9.17) is 20.3 Å². The van der Waals surface area contributed by atoms with Crippen LogP contribution in [0.5, 0.6) is 5.88 Å². The number of nitrogens with zero attached hydrogens (tertiary/aromatic N) is 1. The summed E-state index contributed by atoms with van der Waals surface area (Å²) in [6.45, 7) is -0.471. The molecule has 9 heteroatoms. The minimum Gasteiger partial charge on any atom is -0.443 e. The Bertz CT molecular complexity index is 436. The number of amides is 1. The monoisotopic (exact) mass is 259 g/mol. The van der Waals surface area contributed by atoms with Crippen LogP contribution in [0.15, 0.2) is 6.33 Å². The van der Waals surface area contributed by atoms with E-state index in [-0.39, 0.29) is 11.6 Å². The van der Waals surface area contributed by atoms with Crippen LogP contribution in [0.1, 0.15) is 10.5 Å². The molecule has 18 heavy (non-hydrogen) atoms. The summed E-state index contributed by atoms with van der Waals surface area (Å²) in [6, 6.07) is 0. The van der Waals surface area contributed by atoms with Crippen LogP contribution < -0.4 is 10.5 Å². The molecule has 100 valence electrons. The highest BCUT2D eigenvalue weighted by atomic mass is 16.7. The number of aromatic amines is 1. The lowest BCUT2D eigenvalue weighted by Crippen LogP contribution is -2.36. The maximum absolute atomic E-state index is 11.0. The molecule has 1 aromatic rings. The van der Waals surface area contributed by atoms with Gasteiger partial charge in [0.15, 0.2) is 5.69 Å². The number of aromatic nitrogens is 2. The average molecular weight is 259 g/mol. The van der Waals surface area contributed by atoms with Gasteiger partial charge in [0.25, 0.3) is 5.91 Å². The first-order chi connectivity index (χ1) is 8.54. The number of hydrogen-bond donors (Lipinski definition) is 5. The van der Waals surface area contributed by atoms with Gasteiger partial charge in [-0.15, -0.1) is 0 Å². The molecule has 2 rings (SSSR count). The van der Waals surface area contributed by atoms with Crippen LogP contribution in [0, 0.1) is 0 Å². The zero-order valence-corrected chi connectivity index (χ0v) is 9.18. The van der Waals surface area contributed by atoms with Crippen LogP contribution >= 0.6 is 0 Å². The molecular formula is C9H13N3O6. The average Bonchev–Trinajstić information content (AvgIpc) is 2.89. The molecule has 2 heterocycles. The van der Waals surface area contributed by atoms with Crippen molar-refractivity contribution in [3.63, 3.8) is 0 Å². The third-order valence-electron chi connectivity index (χ3n) is 2.58. The van der Waals surface area contributed by atoms with E-state index in [1.807, 2.05) is 0 Å². The van der Waals surface area contributed by atoms with Gasteiger partial charge < -0.3 is 35.5 Å². The summed E-state index contributed by atoms with van der Waals surface area (Å²) in [6.07, 6.45) is -3.65. The second-order valence-electron chi connectivity index (χ2n) is 3.77. The van der Waals surface area contributed by atoms with Crippen molar-refractivity contribution < 1.29 is 29.6 Å². The van der Waals surface area contributed by atoms with Crippen LogP contribution in [0.3, 0.4) is 0 Å². The molecule has 6 N–H and O–H groups in total. The quantitative estimate of drug-likeness (QED) is 0.395. The molecular weight excluding hydrogens is 246 g/mol. The number of ether oxygens (including phenoxy) is 2. The molecule has 1 aliphatic rings. The maximum Gasteiger partial charge on any atom is 0.270 e. The fourth-order valence-corrected chi connectivity index (χ4v) is 1.62. The van der Waals surface area contributed by atoms with Crippen molar-refractivity contribution in [2.24, 2.45) is 5.73 Å². The van der Waals surface area contributed by atoms with Crippen molar-refractivity contribution in [1.82, 2.24) is 9.97 Å². The van der Waals surface area contributed by atoms with Crippen molar-refractivity contribution in [3.8, 4) is 5.88 Å². The highest BCUT2D eigenvalue weighted by Gasteiger charge is 2.44. The number of nitrogens with one attached hydrogen (secondary N) is 1. The molecule has 1 aromatic heterocycles. The van der Waals surface area contributed by atoms with E-state index in [9.17, 15) is 15.0 Å². The number of rotatable bonds is 4. The van der Waals surface area contributed by atoms with E-state index in [0.717, 1.165) is 0 Å². The van der Waals surface area contributed by atoms with Crippen molar-refractivity contribution in [2.45, 2.75) is 24.6 Å². The van der Waals surface area contributed by atoms with Gasteiger partial charge in [0.1, 0.15) is 18.3 Å². The zero-order valence-electron chi connectivity index (χ0n) is 9.18. The number of aliphatic hydroxyl groups excluding tert-OH is 3. The minimum atomic E-state index is -1.36. The van der Waals surface area contributed by atoms with Gasteiger partial charge in [-0.1, -0.05) is 0 Å². The van der Waals surface area contributed by atoms with Gasteiger partial charge in [0.05, 0.1) is 12.9 Å². The lowest BCUT2D eigenvalue weighted by atomic mass is 10.1. The largest absolute Gasteiger partial charge is 0.443 e. The fraction of sp³-hybridized carbons (Fsp3) is 0.556. The molecule has 4 atom stereocenters. The molecule has 1 saturated heterocycles. The van der Waals surface area contributed by atoms with Gasteiger partial charge in [-0.05, 0) is 0 Å². The van der Waals surface area contributed by atoms with Gasteiger partial charge in [0, 0.05) is 0 Å². The van der Waals surface area contributed by atoms with Crippen LogP contribution in [0.4, 0.5) is 0 Å². The highest BCUT2D eigenvalue weighted by Crippen LogP contribution is 2.24. The maximum atomic E-state index is 11.0. The van der Waals surface area contributed by atoms with Crippen molar-refractivity contribution >= 4 is 5.91 Å². The van der Waals surface area contributed by atoms with E-state index >= 15 is 0 Å². The lowest BCUT2D eigenvalue weighted by molar-refractivity contribution is -0.118. The topological polar surface area (TPSA) is 151 Å². The number of H-pyrrole nitrogens is 1. The summed E-state index contributed by atoms with van der Waals surface area (Å²) in [4.78, 5) is 17.2. The third kappa shape index (κ3) is 2.16. The summed E-state index contributed by atoms with van der Waals surface area (Å²) in [5.74, 6) is -0.924. The molecule has 1 aliphatic heterocycles. The Morgan fingerprint density at radius 2 is 2.28 bits per heavy atom. The van der Waals surface area contributed by atoms with Crippen molar-refractivity contribution in [2.75, 3.05) is 6.61 Å². The number of primary amides is 1.